The molecule has 1 heterocycles. The van der Waals surface area contributed by atoms with Gasteiger partial charge in [-0.25, -0.2) is 9.59 Å². The summed E-state index contributed by atoms with van der Waals surface area (Å²) in [5, 5.41) is 12.1. The molecule has 0 atom stereocenters. The molecule has 1 saturated heterocycles. The van der Waals surface area contributed by atoms with E-state index in [1.807, 2.05) is 0 Å². The van der Waals surface area contributed by atoms with E-state index >= 15 is 0 Å². The Hall–Kier alpha value is -1.30. The zero-order chi connectivity index (χ0) is 16.3. The number of aliphatic carboxylic acids is 1. The zero-order valence-corrected chi connectivity index (χ0v) is 13.9. The third-order valence-corrected chi connectivity index (χ3v) is 4.48. The molecule has 6 nitrogen and oxygen atoms in total. The van der Waals surface area contributed by atoms with Gasteiger partial charge in [0.05, 0.1) is 0 Å². The number of hydrogen-bond donors (Lipinski definition) is 2. The van der Waals surface area contributed by atoms with Crippen LogP contribution < -0.4 is 5.32 Å². The van der Waals surface area contributed by atoms with Crippen molar-refractivity contribution in [3.05, 3.63) is 0 Å². The van der Waals surface area contributed by atoms with E-state index in [2.05, 4.69) is 31.0 Å². The highest BCUT2D eigenvalue weighted by Crippen LogP contribution is 2.18. The predicted octanol–water partition coefficient (Wildman–Crippen LogP) is 1.76. The molecule has 122 valence electrons. The van der Waals surface area contributed by atoms with Crippen molar-refractivity contribution in [3.8, 4) is 0 Å². The van der Waals surface area contributed by atoms with Gasteiger partial charge in [0.25, 0.3) is 0 Å². The van der Waals surface area contributed by atoms with Crippen LogP contribution in [0.1, 0.15) is 47.5 Å². The Morgan fingerprint density at radius 1 is 1.05 bits per heavy atom. The second-order valence-corrected chi connectivity index (χ2v) is 6.67. The van der Waals surface area contributed by atoms with Gasteiger partial charge in [-0.05, 0) is 33.6 Å². The number of nitrogens with one attached hydrogen (secondary N) is 1. The molecule has 1 rings (SSSR count). The first-order chi connectivity index (χ1) is 9.66. The van der Waals surface area contributed by atoms with Crippen LogP contribution in [0.25, 0.3) is 0 Å². The summed E-state index contributed by atoms with van der Waals surface area (Å²) in [6.45, 7) is 12.9. The molecule has 0 spiro atoms. The Bertz CT molecular complexity index is 378. The fourth-order valence-electron chi connectivity index (χ4n) is 2.65. The van der Waals surface area contributed by atoms with Gasteiger partial charge in [0, 0.05) is 31.7 Å². The highest BCUT2D eigenvalue weighted by Gasteiger charge is 2.38. The number of nitrogens with zero attached hydrogens (tertiary/aromatic N) is 2. The van der Waals surface area contributed by atoms with Crippen molar-refractivity contribution in [1.82, 2.24) is 15.1 Å². The number of carboxylic acids is 1. The van der Waals surface area contributed by atoms with Crippen molar-refractivity contribution < 1.29 is 14.7 Å². The molecule has 0 aliphatic carbocycles. The van der Waals surface area contributed by atoms with Gasteiger partial charge in [0.1, 0.15) is 5.54 Å². The monoisotopic (exact) mass is 299 g/mol. The normalized spacial score (nSPS) is 17.7. The van der Waals surface area contributed by atoms with Gasteiger partial charge in [-0.1, -0.05) is 13.8 Å². The SMILES string of the molecule is CCC(CC)(NC(=O)N1CCN(C(C)(C)C)CC1)C(=O)O. The first-order valence-corrected chi connectivity index (χ1v) is 7.72. The smallest absolute Gasteiger partial charge is 0.329 e. The third kappa shape index (κ3) is 4.09. The zero-order valence-electron chi connectivity index (χ0n) is 13.9. The Balaban J connectivity index is 2.64. The van der Waals surface area contributed by atoms with Crippen molar-refractivity contribution in [2.45, 2.75) is 58.5 Å². The Morgan fingerprint density at radius 2 is 1.52 bits per heavy atom. The number of carbonyl (C=O) groups excluding carboxylic acids is 1. The third-order valence-electron chi connectivity index (χ3n) is 4.48. The summed E-state index contributed by atoms with van der Waals surface area (Å²) < 4.78 is 0. The molecule has 0 saturated carbocycles. The number of piperazine rings is 1. The summed E-state index contributed by atoms with van der Waals surface area (Å²) in [4.78, 5) is 27.8. The molecule has 1 aliphatic heterocycles. The van der Waals surface area contributed by atoms with Gasteiger partial charge in [0.2, 0.25) is 0 Å². The van der Waals surface area contributed by atoms with E-state index in [4.69, 9.17) is 0 Å². The largest absolute Gasteiger partial charge is 0.480 e. The molecule has 2 amide bonds. The summed E-state index contributed by atoms with van der Waals surface area (Å²) >= 11 is 0. The topological polar surface area (TPSA) is 72.9 Å². The van der Waals surface area contributed by atoms with Crippen LogP contribution in [0.5, 0.6) is 0 Å². The van der Waals surface area contributed by atoms with E-state index in [0.717, 1.165) is 13.1 Å². The van der Waals surface area contributed by atoms with Gasteiger partial charge in [-0.3, -0.25) is 4.90 Å². The molecular weight excluding hydrogens is 270 g/mol. The summed E-state index contributed by atoms with van der Waals surface area (Å²) in [5.74, 6) is -0.964. The molecule has 1 aliphatic rings. The van der Waals surface area contributed by atoms with E-state index in [-0.39, 0.29) is 11.6 Å². The minimum atomic E-state index is -1.15. The standard InChI is InChI=1S/C15H29N3O3/c1-6-15(7-2,12(19)20)16-13(21)17-8-10-18(11-9-17)14(3,4)5/h6-11H2,1-5H3,(H,16,21)(H,19,20). The van der Waals surface area contributed by atoms with Gasteiger partial charge < -0.3 is 15.3 Å². The lowest BCUT2D eigenvalue weighted by Crippen LogP contribution is -2.61. The van der Waals surface area contributed by atoms with E-state index in [1.165, 1.54) is 0 Å². The molecule has 6 heteroatoms. The highest BCUT2D eigenvalue weighted by molar-refractivity contribution is 5.86. The van der Waals surface area contributed by atoms with E-state index in [1.54, 1.807) is 18.7 Å². The van der Waals surface area contributed by atoms with Crippen molar-refractivity contribution in [2.75, 3.05) is 26.2 Å². The number of urea groups is 1. The van der Waals surface area contributed by atoms with E-state index in [0.29, 0.717) is 25.9 Å². The molecule has 0 aromatic rings. The lowest BCUT2D eigenvalue weighted by molar-refractivity contribution is -0.144. The minimum Gasteiger partial charge on any atom is -0.480 e. The van der Waals surface area contributed by atoms with E-state index < -0.39 is 11.5 Å². The highest BCUT2D eigenvalue weighted by atomic mass is 16.4. The Morgan fingerprint density at radius 3 is 1.86 bits per heavy atom. The van der Waals surface area contributed by atoms with Crippen LogP contribution in [0, 0.1) is 0 Å². The number of amides is 2. The minimum absolute atomic E-state index is 0.0974. The molecule has 0 radical (unpaired) electrons. The fraction of sp³-hybridized carbons (Fsp3) is 0.867. The number of carbonyl (C=O) groups is 2. The predicted molar refractivity (Wildman–Crippen MR) is 82.4 cm³/mol. The number of rotatable bonds is 4. The van der Waals surface area contributed by atoms with Crippen molar-refractivity contribution in [2.24, 2.45) is 0 Å². The van der Waals surface area contributed by atoms with Crippen LogP contribution in [0.4, 0.5) is 4.79 Å². The molecule has 2 N–H and O–H groups in total. The second-order valence-electron chi connectivity index (χ2n) is 6.67. The van der Waals surface area contributed by atoms with Crippen molar-refractivity contribution in [1.29, 1.82) is 0 Å². The maximum absolute atomic E-state index is 12.3. The molecule has 1 fully saturated rings. The van der Waals surface area contributed by atoms with Crippen LogP contribution >= 0.6 is 0 Å². The van der Waals surface area contributed by atoms with Crippen LogP contribution in [0.2, 0.25) is 0 Å². The maximum Gasteiger partial charge on any atom is 0.329 e. The molecular formula is C15H29N3O3. The Kier molecular flexibility index (Phi) is 5.61. The molecule has 0 bridgehead atoms. The first-order valence-electron chi connectivity index (χ1n) is 7.72. The molecule has 0 aromatic carbocycles. The van der Waals surface area contributed by atoms with Crippen LogP contribution in [0.3, 0.4) is 0 Å². The van der Waals surface area contributed by atoms with Crippen LogP contribution in [0.15, 0.2) is 0 Å². The molecule has 0 unspecified atom stereocenters. The quantitative estimate of drug-likeness (QED) is 0.829. The van der Waals surface area contributed by atoms with Gasteiger partial charge in [-0.2, -0.15) is 0 Å². The summed E-state index contributed by atoms with van der Waals surface area (Å²) in [6, 6.07) is -0.269. The lowest BCUT2D eigenvalue weighted by Gasteiger charge is -2.43. The van der Waals surface area contributed by atoms with E-state index in [9.17, 15) is 14.7 Å². The summed E-state index contributed by atoms with van der Waals surface area (Å²) in [5.41, 5.74) is -1.06. The van der Waals surface area contributed by atoms with Crippen LogP contribution in [-0.2, 0) is 4.79 Å². The van der Waals surface area contributed by atoms with Gasteiger partial charge in [0.15, 0.2) is 0 Å². The van der Waals surface area contributed by atoms with Gasteiger partial charge in [-0.15, -0.1) is 0 Å². The maximum atomic E-state index is 12.3. The lowest BCUT2D eigenvalue weighted by atomic mass is 9.93. The average Bonchev–Trinajstić information content (AvgIpc) is 2.43. The molecule has 21 heavy (non-hydrogen) atoms. The summed E-state index contributed by atoms with van der Waals surface area (Å²) in [7, 11) is 0. The number of hydrogen-bond acceptors (Lipinski definition) is 3. The molecule has 0 aromatic heterocycles. The second kappa shape index (κ2) is 6.64. The van der Waals surface area contributed by atoms with Crippen molar-refractivity contribution >= 4 is 12.0 Å². The van der Waals surface area contributed by atoms with Gasteiger partial charge >= 0.3 is 12.0 Å². The fourth-order valence-corrected chi connectivity index (χ4v) is 2.65. The Labute approximate surface area is 127 Å². The summed E-state index contributed by atoms with van der Waals surface area (Å²) in [6.07, 6.45) is 0.763. The first kappa shape index (κ1) is 17.8. The van der Waals surface area contributed by atoms with Crippen LogP contribution in [-0.4, -0.2) is 64.2 Å². The number of carboxylic acid groups (broad SMARTS) is 1. The van der Waals surface area contributed by atoms with Crippen molar-refractivity contribution in [3.63, 3.8) is 0 Å². The average molecular weight is 299 g/mol.